The molecular formula is C11H19N5O2S2. The molecule has 0 bridgehead atoms. The Bertz CT molecular complexity index is 674. The van der Waals surface area contributed by atoms with Gasteiger partial charge in [0.25, 0.3) is 10.0 Å². The number of imidazole rings is 1. The van der Waals surface area contributed by atoms with Crippen LogP contribution in [0.1, 0.15) is 12.8 Å². The molecule has 0 aliphatic carbocycles. The van der Waals surface area contributed by atoms with Gasteiger partial charge in [0.1, 0.15) is 0 Å². The molecule has 2 rings (SSSR count). The number of rotatable bonds is 7. The van der Waals surface area contributed by atoms with Crippen molar-refractivity contribution in [1.29, 1.82) is 0 Å². The smallest absolute Gasteiger partial charge is 0.260 e. The highest BCUT2D eigenvalue weighted by molar-refractivity contribution is 7.89. The molecular weight excluding hydrogens is 298 g/mol. The summed E-state index contributed by atoms with van der Waals surface area (Å²) in [6.45, 7) is 1.33. The van der Waals surface area contributed by atoms with Crippen molar-refractivity contribution >= 4 is 32.1 Å². The van der Waals surface area contributed by atoms with Gasteiger partial charge in [0.2, 0.25) is 0 Å². The molecule has 2 heterocycles. The predicted octanol–water partition coefficient (Wildman–Crippen LogP) is 0.598. The van der Waals surface area contributed by atoms with Crippen LogP contribution in [0.3, 0.4) is 0 Å². The zero-order valence-electron chi connectivity index (χ0n) is 11.5. The van der Waals surface area contributed by atoms with E-state index in [0.29, 0.717) is 11.5 Å². The van der Waals surface area contributed by atoms with Crippen LogP contribution in [-0.2, 0) is 10.0 Å². The third-order valence-corrected chi connectivity index (χ3v) is 5.08. The van der Waals surface area contributed by atoms with E-state index in [0.717, 1.165) is 19.4 Å². The largest absolute Gasteiger partial charge is 0.381 e. The summed E-state index contributed by atoms with van der Waals surface area (Å²) in [6, 6.07) is 0. The molecule has 7 nitrogen and oxygen atoms in total. The van der Waals surface area contributed by atoms with Crippen molar-refractivity contribution in [2.75, 3.05) is 32.9 Å². The van der Waals surface area contributed by atoms with Gasteiger partial charge in [-0.05, 0) is 33.5 Å². The van der Waals surface area contributed by atoms with Crippen LogP contribution < -0.4 is 10.5 Å². The number of anilines is 1. The van der Waals surface area contributed by atoms with E-state index in [1.165, 1.54) is 15.7 Å². The van der Waals surface area contributed by atoms with Crippen LogP contribution in [0.15, 0.2) is 16.6 Å². The zero-order chi connectivity index (χ0) is 14.8. The van der Waals surface area contributed by atoms with Crippen molar-refractivity contribution in [1.82, 2.24) is 19.0 Å². The van der Waals surface area contributed by atoms with E-state index in [2.05, 4.69) is 14.6 Å². The van der Waals surface area contributed by atoms with Crippen LogP contribution in [0.2, 0.25) is 0 Å². The first-order valence-electron chi connectivity index (χ1n) is 6.27. The summed E-state index contributed by atoms with van der Waals surface area (Å²) in [4.78, 5) is 6.69. The molecule has 0 fully saturated rings. The standard InChI is InChI=1S/C11H19N5O2S2/c1-15(2)6-4-3-5-13-20(17,18)10-9(12)14-11-16(10)7-8-19-11/h7-8,13H,3-6,12H2,1-2H3. The summed E-state index contributed by atoms with van der Waals surface area (Å²) < 4.78 is 28.6. The van der Waals surface area contributed by atoms with Gasteiger partial charge in [-0.2, -0.15) is 0 Å². The Hall–Kier alpha value is -1.16. The molecule has 20 heavy (non-hydrogen) atoms. The SMILES string of the molecule is CN(C)CCCCNS(=O)(=O)c1c(N)nc2sccn12. The highest BCUT2D eigenvalue weighted by Crippen LogP contribution is 2.22. The third-order valence-electron chi connectivity index (χ3n) is 2.82. The van der Waals surface area contributed by atoms with E-state index >= 15 is 0 Å². The van der Waals surface area contributed by atoms with E-state index in [4.69, 9.17) is 5.73 Å². The molecule has 0 atom stereocenters. The van der Waals surface area contributed by atoms with Crippen molar-refractivity contribution < 1.29 is 8.42 Å². The fourth-order valence-corrected chi connectivity index (χ4v) is 3.93. The van der Waals surface area contributed by atoms with Gasteiger partial charge in [0.15, 0.2) is 15.8 Å². The number of nitrogens with two attached hydrogens (primary N) is 1. The second-order valence-electron chi connectivity index (χ2n) is 4.77. The Balaban J connectivity index is 2.03. The van der Waals surface area contributed by atoms with Gasteiger partial charge in [-0.15, -0.1) is 11.3 Å². The predicted molar refractivity (Wildman–Crippen MR) is 80.5 cm³/mol. The quantitative estimate of drug-likeness (QED) is 0.730. The van der Waals surface area contributed by atoms with Gasteiger partial charge in [0.05, 0.1) is 0 Å². The van der Waals surface area contributed by atoms with Crippen molar-refractivity contribution in [3.63, 3.8) is 0 Å². The number of sulfonamides is 1. The molecule has 0 saturated heterocycles. The highest BCUT2D eigenvalue weighted by Gasteiger charge is 2.23. The Morgan fingerprint density at radius 1 is 1.45 bits per heavy atom. The average molecular weight is 317 g/mol. The topological polar surface area (TPSA) is 92.7 Å². The fraction of sp³-hybridized carbons (Fsp3) is 0.545. The molecule has 3 N–H and O–H groups in total. The maximum atomic E-state index is 12.3. The number of aromatic nitrogens is 2. The van der Waals surface area contributed by atoms with Gasteiger partial charge in [-0.1, -0.05) is 0 Å². The number of hydrogen-bond acceptors (Lipinski definition) is 6. The van der Waals surface area contributed by atoms with Crippen molar-refractivity contribution in [3.8, 4) is 0 Å². The number of fused-ring (bicyclic) bond motifs is 1. The van der Waals surface area contributed by atoms with Crippen LogP contribution in [0.4, 0.5) is 5.82 Å². The molecule has 0 radical (unpaired) electrons. The number of hydrogen-bond donors (Lipinski definition) is 2. The van der Waals surface area contributed by atoms with Gasteiger partial charge < -0.3 is 10.6 Å². The van der Waals surface area contributed by atoms with Crippen LogP contribution >= 0.6 is 11.3 Å². The van der Waals surface area contributed by atoms with Gasteiger partial charge >= 0.3 is 0 Å². The Morgan fingerprint density at radius 3 is 2.90 bits per heavy atom. The van der Waals surface area contributed by atoms with E-state index < -0.39 is 10.0 Å². The first kappa shape index (κ1) is 15.2. The molecule has 112 valence electrons. The van der Waals surface area contributed by atoms with Crippen LogP contribution in [0, 0.1) is 0 Å². The fourth-order valence-electron chi connectivity index (χ4n) is 1.88. The minimum Gasteiger partial charge on any atom is -0.381 e. The number of nitrogens with zero attached hydrogens (tertiary/aromatic N) is 3. The summed E-state index contributed by atoms with van der Waals surface area (Å²) in [5, 5.41) is 1.80. The van der Waals surface area contributed by atoms with Crippen LogP contribution in [0.25, 0.3) is 4.96 Å². The van der Waals surface area contributed by atoms with E-state index in [-0.39, 0.29) is 10.8 Å². The molecule has 0 amide bonds. The Morgan fingerprint density at radius 2 is 2.20 bits per heavy atom. The molecule has 0 aromatic carbocycles. The number of unbranched alkanes of at least 4 members (excludes halogenated alkanes) is 1. The van der Waals surface area contributed by atoms with Gasteiger partial charge in [-0.25, -0.2) is 18.1 Å². The molecule has 2 aromatic heterocycles. The summed E-state index contributed by atoms with van der Waals surface area (Å²) in [5.74, 6) is 0.0395. The first-order valence-corrected chi connectivity index (χ1v) is 8.63. The minimum absolute atomic E-state index is 0.0290. The van der Waals surface area contributed by atoms with Gasteiger partial charge in [-0.3, -0.25) is 4.40 Å². The lowest BCUT2D eigenvalue weighted by Crippen LogP contribution is -2.27. The average Bonchev–Trinajstić information content (AvgIpc) is 2.86. The molecule has 0 aliphatic rings. The normalized spacial score (nSPS) is 12.6. The zero-order valence-corrected chi connectivity index (χ0v) is 13.2. The molecule has 0 saturated carbocycles. The van der Waals surface area contributed by atoms with Crippen LogP contribution in [-0.4, -0.2) is 49.9 Å². The molecule has 0 spiro atoms. The maximum absolute atomic E-state index is 12.3. The van der Waals surface area contributed by atoms with Crippen LogP contribution in [0.5, 0.6) is 0 Å². The molecule has 2 aromatic rings. The Labute approximate surface area is 122 Å². The summed E-state index contributed by atoms with van der Waals surface area (Å²) in [5.41, 5.74) is 5.70. The van der Waals surface area contributed by atoms with E-state index in [1.54, 1.807) is 11.6 Å². The number of nitrogens with one attached hydrogen (secondary N) is 1. The van der Waals surface area contributed by atoms with E-state index in [9.17, 15) is 8.42 Å². The summed E-state index contributed by atoms with van der Waals surface area (Å²) in [6.07, 6.45) is 3.37. The maximum Gasteiger partial charge on any atom is 0.260 e. The molecule has 0 aliphatic heterocycles. The summed E-state index contributed by atoms with van der Waals surface area (Å²) >= 11 is 1.35. The number of nitrogen functional groups attached to an aromatic ring is 1. The van der Waals surface area contributed by atoms with Crippen molar-refractivity contribution in [2.45, 2.75) is 17.9 Å². The lowest BCUT2D eigenvalue weighted by Gasteiger charge is -2.09. The summed E-state index contributed by atoms with van der Waals surface area (Å²) in [7, 11) is 0.355. The number of thiazole rings is 1. The van der Waals surface area contributed by atoms with Crippen molar-refractivity contribution in [2.24, 2.45) is 0 Å². The lowest BCUT2D eigenvalue weighted by molar-refractivity contribution is 0.394. The second-order valence-corrected chi connectivity index (χ2v) is 7.32. The monoisotopic (exact) mass is 317 g/mol. The molecule has 0 unspecified atom stereocenters. The Kier molecular flexibility index (Phi) is 4.63. The second kappa shape index (κ2) is 6.08. The minimum atomic E-state index is -3.63. The molecule has 9 heteroatoms. The van der Waals surface area contributed by atoms with Gasteiger partial charge in [0, 0.05) is 18.1 Å². The lowest BCUT2D eigenvalue weighted by atomic mass is 10.3. The van der Waals surface area contributed by atoms with Crippen molar-refractivity contribution in [3.05, 3.63) is 11.6 Å². The van der Waals surface area contributed by atoms with E-state index in [1.807, 2.05) is 14.1 Å². The highest BCUT2D eigenvalue weighted by atomic mass is 32.2. The third kappa shape index (κ3) is 3.29. The first-order chi connectivity index (χ1) is 9.42.